The summed E-state index contributed by atoms with van der Waals surface area (Å²) in [5, 5.41) is 11.4. The number of aromatic hydroxyl groups is 1. The minimum absolute atomic E-state index is 0.0885. The zero-order valence-electron chi connectivity index (χ0n) is 23.7. The van der Waals surface area contributed by atoms with Crippen LogP contribution in [0.5, 0.6) is 11.5 Å². The van der Waals surface area contributed by atoms with Crippen molar-refractivity contribution in [3.05, 3.63) is 92.9 Å². The highest BCUT2D eigenvalue weighted by Crippen LogP contribution is 2.59. The third-order valence-electron chi connectivity index (χ3n) is 9.48. The van der Waals surface area contributed by atoms with Crippen LogP contribution in [-0.2, 0) is 19.2 Å². The van der Waals surface area contributed by atoms with Gasteiger partial charge in [0.25, 0.3) is 0 Å². The van der Waals surface area contributed by atoms with Crippen molar-refractivity contribution in [2.24, 2.45) is 29.6 Å². The van der Waals surface area contributed by atoms with E-state index < -0.39 is 35.5 Å². The van der Waals surface area contributed by atoms with Gasteiger partial charge in [-0.25, -0.2) is 0 Å². The Hall–Kier alpha value is -3.76. The average molecular weight is 720 g/mol. The smallest absolute Gasteiger partial charge is 0.238 e. The Morgan fingerprint density at radius 3 is 1.91 bits per heavy atom. The van der Waals surface area contributed by atoms with Gasteiger partial charge >= 0.3 is 0 Å². The van der Waals surface area contributed by atoms with Crippen molar-refractivity contribution < 1.29 is 29.0 Å². The van der Waals surface area contributed by atoms with Gasteiger partial charge in [0.1, 0.15) is 0 Å². The van der Waals surface area contributed by atoms with Crippen molar-refractivity contribution in [3.63, 3.8) is 0 Å². The van der Waals surface area contributed by atoms with Gasteiger partial charge in [0.2, 0.25) is 23.6 Å². The number of fused-ring (bicyclic) bond motifs is 4. The van der Waals surface area contributed by atoms with Crippen LogP contribution in [0.3, 0.4) is 0 Å². The van der Waals surface area contributed by atoms with Gasteiger partial charge in [0.15, 0.2) is 11.5 Å². The first kappa shape index (κ1) is 29.0. The SMILES string of the molecule is CCOc1cccc(C2C3=CCC4C(=O)N(c5ccc(Br)cc5)C(=O)C4C3CC3C(=O)N(c4ccc(Br)cc4)C(=O)C32)c1O. The van der Waals surface area contributed by atoms with E-state index in [-0.39, 0.29) is 41.5 Å². The van der Waals surface area contributed by atoms with Crippen LogP contribution in [0.2, 0.25) is 0 Å². The molecule has 2 aliphatic heterocycles. The molecule has 3 fully saturated rings. The monoisotopic (exact) mass is 718 g/mol. The summed E-state index contributed by atoms with van der Waals surface area (Å²) in [5.41, 5.74) is 2.25. The normalized spacial score (nSPS) is 27.7. The van der Waals surface area contributed by atoms with E-state index in [0.29, 0.717) is 30.0 Å². The number of hydrogen-bond acceptors (Lipinski definition) is 6. The molecular formula is C34H28Br2N2O6. The van der Waals surface area contributed by atoms with Crippen LogP contribution in [0.15, 0.2) is 87.3 Å². The minimum Gasteiger partial charge on any atom is -0.504 e. The molecule has 44 heavy (non-hydrogen) atoms. The highest BCUT2D eigenvalue weighted by atomic mass is 79.9. The first-order valence-electron chi connectivity index (χ1n) is 14.6. The van der Waals surface area contributed by atoms with Crippen molar-refractivity contribution in [2.45, 2.75) is 25.7 Å². The van der Waals surface area contributed by atoms with E-state index in [2.05, 4.69) is 31.9 Å². The number of benzene rings is 3. The van der Waals surface area contributed by atoms with Gasteiger partial charge < -0.3 is 9.84 Å². The molecule has 3 aromatic carbocycles. The molecule has 4 amide bonds. The van der Waals surface area contributed by atoms with Gasteiger partial charge in [0.05, 0.1) is 41.7 Å². The molecule has 6 atom stereocenters. The Bertz CT molecular complexity index is 1740. The maximum absolute atomic E-state index is 14.2. The summed E-state index contributed by atoms with van der Waals surface area (Å²) in [7, 11) is 0. The Morgan fingerprint density at radius 2 is 1.32 bits per heavy atom. The van der Waals surface area contributed by atoms with Crippen molar-refractivity contribution >= 4 is 66.9 Å². The summed E-state index contributed by atoms with van der Waals surface area (Å²) < 4.78 is 7.34. The van der Waals surface area contributed by atoms with Gasteiger partial charge in [-0.15, -0.1) is 0 Å². The minimum atomic E-state index is -0.789. The molecule has 6 unspecified atom stereocenters. The van der Waals surface area contributed by atoms with E-state index in [1.165, 1.54) is 9.80 Å². The molecule has 0 spiro atoms. The lowest BCUT2D eigenvalue weighted by Crippen LogP contribution is -2.43. The number of phenolic OH excluding ortho intramolecular Hbond substituents is 1. The Balaban J connectivity index is 1.35. The molecule has 2 heterocycles. The zero-order valence-corrected chi connectivity index (χ0v) is 26.8. The Labute approximate surface area is 270 Å². The van der Waals surface area contributed by atoms with Crippen LogP contribution in [0.25, 0.3) is 0 Å². The summed E-state index contributed by atoms with van der Waals surface area (Å²) in [5.74, 6) is -4.98. The third-order valence-corrected chi connectivity index (χ3v) is 10.5. The molecule has 0 radical (unpaired) electrons. The van der Waals surface area contributed by atoms with Crippen molar-refractivity contribution in [1.29, 1.82) is 0 Å². The van der Waals surface area contributed by atoms with Gasteiger partial charge in [-0.3, -0.25) is 29.0 Å². The molecule has 3 aromatic rings. The second-order valence-electron chi connectivity index (χ2n) is 11.6. The number of hydrogen-bond donors (Lipinski definition) is 1. The van der Waals surface area contributed by atoms with Crippen molar-refractivity contribution in [3.8, 4) is 11.5 Å². The fourth-order valence-corrected chi connectivity index (χ4v) is 8.22. The number of anilines is 2. The number of para-hydroxylation sites is 1. The van der Waals surface area contributed by atoms with E-state index in [1.807, 2.05) is 13.0 Å². The van der Waals surface area contributed by atoms with E-state index in [9.17, 15) is 24.3 Å². The molecule has 1 saturated carbocycles. The molecule has 0 aromatic heterocycles. The number of ether oxygens (including phenoxy) is 1. The summed E-state index contributed by atoms with van der Waals surface area (Å²) >= 11 is 6.82. The summed E-state index contributed by atoms with van der Waals surface area (Å²) in [6.07, 6.45) is 2.55. The van der Waals surface area contributed by atoms with Gasteiger partial charge in [-0.2, -0.15) is 0 Å². The lowest BCUT2D eigenvalue weighted by Gasteiger charge is -2.44. The number of allylic oxidation sites excluding steroid dienone is 2. The maximum Gasteiger partial charge on any atom is 0.238 e. The fourth-order valence-electron chi connectivity index (χ4n) is 7.69. The van der Waals surface area contributed by atoms with E-state index in [4.69, 9.17) is 4.74 Å². The number of imide groups is 2. The second kappa shape index (κ2) is 11.0. The van der Waals surface area contributed by atoms with E-state index >= 15 is 0 Å². The van der Waals surface area contributed by atoms with Gasteiger partial charge in [-0.1, -0.05) is 55.6 Å². The van der Waals surface area contributed by atoms with Crippen molar-refractivity contribution in [1.82, 2.24) is 0 Å². The van der Waals surface area contributed by atoms with Crippen LogP contribution in [0.4, 0.5) is 11.4 Å². The first-order valence-corrected chi connectivity index (χ1v) is 16.2. The predicted molar refractivity (Wildman–Crippen MR) is 170 cm³/mol. The summed E-state index contributed by atoms with van der Waals surface area (Å²) in [4.78, 5) is 58.7. The lowest BCUT2D eigenvalue weighted by molar-refractivity contribution is -0.126. The van der Waals surface area contributed by atoms with Crippen LogP contribution >= 0.6 is 31.9 Å². The fraction of sp³-hybridized carbons (Fsp3) is 0.294. The second-order valence-corrected chi connectivity index (χ2v) is 13.5. The predicted octanol–water partition coefficient (Wildman–Crippen LogP) is 6.36. The number of carbonyl (C=O) groups is 4. The molecule has 10 heteroatoms. The number of phenols is 1. The molecular weight excluding hydrogens is 692 g/mol. The number of nitrogens with zero attached hydrogens (tertiary/aromatic N) is 2. The van der Waals surface area contributed by atoms with Crippen molar-refractivity contribution in [2.75, 3.05) is 16.4 Å². The molecule has 8 nitrogen and oxygen atoms in total. The molecule has 1 N–H and O–H groups in total. The standard InChI is InChI=1S/C34H28Br2N2O6/c1-2-44-26-5-3-4-22(30(26)39)27-21-14-15-23-28(33(42)37(31(23)40)19-10-6-17(35)7-11-19)24(21)16-25-29(27)34(43)38(32(25)41)20-12-8-18(36)9-13-20/h3-14,23-25,27-29,39H,2,15-16H2,1H3. The molecule has 7 rings (SSSR count). The molecule has 2 aliphatic carbocycles. The quantitative estimate of drug-likeness (QED) is 0.243. The number of carbonyl (C=O) groups excluding carboxylic acids is 4. The summed E-state index contributed by atoms with van der Waals surface area (Å²) in [6.45, 7) is 2.15. The highest BCUT2D eigenvalue weighted by Gasteiger charge is 2.62. The Morgan fingerprint density at radius 1 is 0.750 bits per heavy atom. The molecule has 4 aliphatic rings. The summed E-state index contributed by atoms with van der Waals surface area (Å²) in [6, 6.07) is 19.2. The van der Waals surface area contributed by atoms with E-state index in [0.717, 1.165) is 14.5 Å². The topological polar surface area (TPSA) is 104 Å². The zero-order chi connectivity index (χ0) is 30.9. The highest BCUT2D eigenvalue weighted by molar-refractivity contribution is 9.10. The van der Waals surface area contributed by atoms with Crippen LogP contribution in [0, 0.1) is 29.6 Å². The molecule has 2 saturated heterocycles. The third kappa shape index (κ3) is 4.36. The van der Waals surface area contributed by atoms with Gasteiger partial charge in [-0.05, 0) is 80.3 Å². The van der Waals surface area contributed by atoms with E-state index in [1.54, 1.807) is 66.7 Å². The average Bonchev–Trinajstić information content (AvgIpc) is 3.42. The van der Waals surface area contributed by atoms with Gasteiger partial charge in [0, 0.05) is 20.4 Å². The maximum atomic E-state index is 14.2. The largest absolute Gasteiger partial charge is 0.504 e. The van der Waals surface area contributed by atoms with Crippen LogP contribution < -0.4 is 14.5 Å². The number of rotatable bonds is 5. The lowest BCUT2D eigenvalue weighted by atomic mass is 9.57. The Kier molecular flexibility index (Phi) is 7.24. The molecule has 0 bridgehead atoms. The first-order chi connectivity index (χ1) is 21.2. The number of halogens is 2. The van der Waals surface area contributed by atoms with Crippen LogP contribution in [-0.4, -0.2) is 35.3 Å². The molecule has 224 valence electrons. The van der Waals surface area contributed by atoms with Crippen LogP contribution in [0.1, 0.15) is 31.2 Å². The number of amides is 4.